The molecule has 3 fully saturated rings. The fourth-order valence-electron chi connectivity index (χ4n) is 4.81. The molecule has 6 rings (SSSR count). The van der Waals surface area contributed by atoms with Crippen molar-refractivity contribution in [3.63, 3.8) is 0 Å². The van der Waals surface area contributed by atoms with Crippen molar-refractivity contribution in [2.45, 2.75) is 56.5 Å². The van der Waals surface area contributed by atoms with Crippen molar-refractivity contribution in [1.82, 2.24) is 35.4 Å². The zero-order valence-corrected chi connectivity index (χ0v) is 18.0. The highest BCUT2D eigenvalue weighted by molar-refractivity contribution is 5.86. The van der Waals surface area contributed by atoms with Crippen LogP contribution in [-0.2, 0) is 4.79 Å². The molecule has 5 heterocycles. The van der Waals surface area contributed by atoms with Crippen LogP contribution >= 0.6 is 0 Å². The Morgan fingerprint density at radius 1 is 1.19 bits per heavy atom. The largest absolute Gasteiger partial charge is 0.350 e. The highest BCUT2D eigenvalue weighted by Gasteiger charge is 2.34. The van der Waals surface area contributed by atoms with Crippen LogP contribution in [0, 0.1) is 0 Å². The van der Waals surface area contributed by atoms with Crippen LogP contribution in [0.5, 0.6) is 0 Å². The molecule has 1 aliphatic carbocycles. The molecule has 2 atom stereocenters. The third-order valence-electron chi connectivity index (χ3n) is 6.70. The Balaban J connectivity index is 1.25. The van der Waals surface area contributed by atoms with Gasteiger partial charge in [0.2, 0.25) is 11.9 Å². The van der Waals surface area contributed by atoms with Crippen LogP contribution in [0.2, 0.25) is 0 Å². The van der Waals surface area contributed by atoms with Crippen molar-refractivity contribution >= 4 is 29.0 Å². The molecule has 10 nitrogen and oxygen atoms in total. The topological polar surface area (TPSA) is 115 Å². The summed E-state index contributed by atoms with van der Waals surface area (Å²) in [7, 11) is 0. The lowest BCUT2D eigenvalue weighted by molar-refractivity contribution is -0.123. The second-order valence-electron chi connectivity index (χ2n) is 9.11. The molecule has 4 N–H and O–H groups in total. The van der Waals surface area contributed by atoms with Gasteiger partial charge < -0.3 is 20.9 Å². The minimum absolute atomic E-state index is 0.0725. The van der Waals surface area contributed by atoms with Crippen molar-refractivity contribution in [3.8, 4) is 0 Å². The maximum atomic E-state index is 13.1. The summed E-state index contributed by atoms with van der Waals surface area (Å²) in [6.45, 7) is 2.63. The van der Waals surface area contributed by atoms with Crippen molar-refractivity contribution in [2.24, 2.45) is 0 Å². The van der Waals surface area contributed by atoms with Gasteiger partial charge in [-0.15, -0.1) is 5.10 Å². The normalized spacial score (nSPS) is 23.6. The zero-order chi connectivity index (χ0) is 21.5. The summed E-state index contributed by atoms with van der Waals surface area (Å²) in [5.41, 5.74) is 2.04. The fraction of sp³-hybridized carbons (Fsp3) is 0.545. The lowest BCUT2D eigenvalue weighted by atomic mass is 10.1. The van der Waals surface area contributed by atoms with E-state index in [0.29, 0.717) is 17.7 Å². The van der Waals surface area contributed by atoms with Crippen LogP contribution < -0.4 is 20.9 Å². The first-order chi connectivity index (χ1) is 15.7. The SMILES string of the molecule is O=C(N[C@H]1CCCNC1)[C@@H]1CCCN1c1nc(Nc2cc(C3CC3)[nH]n2)c2cccn2n1. The van der Waals surface area contributed by atoms with Gasteiger partial charge in [-0.05, 0) is 57.2 Å². The highest BCUT2D eigenvalue weighted by atomic mass is 16.2. The molecule has 32 heavy (non-hydrogen) atoms. The van der Waals surface area contributed by atoms with E-state index in [2.05, 4.69) is 32.2 Å². The number of piperidine rings is 1. The number of H-pyrrole nitrogens is 1. The van der Waals surface area contributed by atoms with Gasteiger partial charge in [-0.2, -0.15) is 10.1 Å². The molecule has 10 heteroatoms. The molecule has 0 unspecified atom stereocenters. The number of fused-ring (bicyclic) bond motifs is 1. The fourth-order valence-corrected chi connectivity index (χ4v) is 4.81. The third kappa shape index (κ3) is 3.79. The Morgan fingerprint density at radius 3 is 2.97 bits per heavy atom. The van der Waals surface area contributed by atoms with Gasteiger partial charge in [0.1, 0.15) is 11.6 Å². The summed E-state index contributed by atoms with van der Waals surface area (Å²) in [4.78, 5) is 20.0. The molecule has 3 aromatic rings. The monoisotopic (exact) mass is 435 g/mol. The van der Waals surface area contributed by atoms with Gasteiger partial charge >= 0.3 is 0 Å². The van der Waals surface area contributed by atoms with E-state index in [1.807, 2.05) is 27.7 Å². The Morgan fingerprint density at radius 2 is 2.12 bits per heavy atom. The van der Waals surface area contributed by atoms with E-state index in [0.717, 1.165) is 56.7 Å². The molecule has 3 aliphatic rings. The zero-order valence-electron chi connectivity index (χ0n) is 18.0. The quantitative estimate of drug-likeness (QED) is 0.467. The van der Waals surface area contributed by atoms with Gasteiger partial charge in [-0.3, -0.25) is 9.89 Å². The summed E-state index contributed by atoms with van der Waals surface area (Å²) >= 11 is 0. The average Bonchev–Trinajstić information content (AvgIpc) is 3.20. The molecule has 2 saturated heterocycles. The van der Waals surface area contributed by atoms with Crippen LogP contribution in [-0.4, -0.2) is 62.4 Å². The minimum Gasteiger partial charge on any atom is -0.350 e. The predicted molar refractivity (Wildman–Crippen MR) is 121 cm³/mol. The summed E-state index contributed by atoms with van der Waals surface area (Å²) in [5.74, 6) is 2.68. The van der Waals surface area contributed by atoms with Crippen LogP contribution in [0.3, 0.4) is 0 Å². The van der Waals surface area contributed by atoms with Gasteiger partial charge in [-0.1, -0.05) is 0 Å². The third-order valence-corrected chi connectivity index (χ3v) is 6.70. The number of rotatable bonds is 6. The van der Waals surface area contributed by atoms with E-state index in [1.165, 1.54) is 18.5 Å². The Bertz CT molecular complexity index is 1110. The van der Waals surface area contributed by atoms with E-state index < -0.39 is 0 Å². The summed E-state index contributed by atoms with van der Waals surface area (Å²) in [6, 6.07) is 5.94. The molecule has 0 bridgehead atoms. The lowest BCUT2D eigenvalue weighted by Gasteiger charge is -2.28. The van der Waals surface area contributed by atoms with E-state index in [-0.39, 0.29) is 18.0 Å². The van der Waals surface area contributed by atoms with Gasteiger partial charge in [0.15, 0.2) is 11.6 Å². The van der Waals surface area contributed by atoms with Crippen LogP contribution in [0.25, 0.3) is 5.52 Å². The number of aromatic amines is 1. The number of hydrogen-bond donors (Lipinski definition) is 4. The second kappa shape index (κ2) is 8.09. The molecule has 3 aromatic heterocycles. The Labute approximate surface area is 186 Å². The van der Waals surface area contributed by atoms with Crippen molar-refractivity contribution in [3.05, 3.63) is 30.1 Å². The van der Waals surface area contributed by atoms with Crippen LogP contribution in [0.1, 0.15) is 50.1 Å². The van der Waals surface area contributed by atoms with Crippen molar-refractivity contribution in [1.29, 1.82) is 0 Å². The number of amides is 1. The molecule has 0 radical (unpaired) electrons. The molecule has 2 aliphatic heterocycles. The van der Waals surface area contributed by atoms with Gasteiger partial charge in [-0.25, -0.2) is 4.52 Å². The van der Waals surface area contributed by atoms with E-state index in [9.17, 15) is 4.79 Å². The van der Waals surface area contributed by atoms with Crippen molar-refractivity contribution < 1.29 is 4.79 Å². The van der Waals surface area contributed by atoms with Crippen LogP contribution in [0.15, 0.2) is 24.4 Å². The number of carbonyl (C=O) groups is 1. The first-order valence-electron chi connectivity index (χ1n) is 11.7. The highest BCUT2D eigenvalue weighted by Crippen LogP contribution is 2.39. The standard InChI is InChI=1S/C22H29N9O/c32-21(24-15-4-1-9-23-13-15)18-6-2-10-30(18)22-26-20(17-5-3-11-31(17)29-22)25-19-12-16(27-28-19)14-7-8-14/h3,5,11-12,14-15,18,23H,1-2,4,6-10,13H2,(H,24,32)(H2,25,26,27,28,29)/t15-,18-/m0/s1. The Hall–Kier alpha value is -3.14. The molecule has 168 valence electrons. The lowest BCUT2D eigenvalue weighted by Crippen LogP contribution is -2.51. The number of aromatic nitrogens is 5. The summed E-state index contributed by atoms with van der Waals surface area (Å²) in [6.07, 6.45) is 8.22. The van der Waals surface area contributed by atoms with E-state index in [1.54, 1.807) is 0 Å². The van der Waals surface area contributed by atoms with Gasteiger partial charge in [0.05, 0.1) is 0 Å². The van der Waals surface area contributed by atoms with Crippen molar-refractivity contribution in [2.75, 3.05) is 29.9 Å². The predicted octanol–water partition coefficient (Wildman–Crippen LogP) is 1.91. The number of carbonyl (C=O) groups excluding carboxylic acids is 1. The molecular weight excluding hydrogens is 406 g/mol. The number of hydrogen-bond acceptors (Lipinski definition) is 7. The average molecular weight is 436 g/mol. The maximum absolute atomic E-state index is 13.1. The molecular formula is C22H29N9O. The smallest absolute Gasteiger partial charge is 0.246 e. The van der Waals surface area contributed by atoms with E-state index >= 15 is 0 Å². The number of nitrogens with zero attached hydrogens (tertiary/aromatic N) is 5. The summed E-state index contributed by atoms with van der Waals surface area (Å²) in [5, 5.41) is 22.2. The molecule has 1 amide bonds. The Kier molecular flexibility index (Phi) is 4.94. The molecule has 0 aromatic carbocycles. The number of nitrogens with one attached hydrogen (secondary N) is 4. The minimum atomic E-state index is -0.246. The number of anilines is 3. The summed E-state index contributed by atoms with van der Waals surface area (Å²) < 4.78 is 1.82. The molecule has 0 spiro atoms. The van der Waals surface area contributed by atoms with Gasteiger partial charge in [0.25, 0.3) is 0 Å². The first-order valence-corrected chi connectivity index (χ1v) is 11.7. The second-order valence-corrected chi connectivity index (χ2v) is 9.11. The van der Waals surface area contributed by atoms with Gasteiger partial charge in [0, 0.05) is 43.0 Å². The molecule has 1 saturated carbocycles. The van der Waals surface area contributed by atoms with E-state index in [4.69, 9.17) is 10.1 Å². The van der Waals surface area contributed by atoms with Crippen LogP contribution in [0.4, 0.5) is 17.6 Å². The first kappa shape index (κ1) is 19.5. The maximum Gasteiger partial charge on any atom is 0.246 e.